The van der Waals surface area contributed by atoms with Crippen LogP contribution in [0.2, 0.25) is 0 Å². The number of nitrogens with one attached hydrogen (secondary N) is 2. The van der Waals surface area contributed by atoms with Crippen molar-refractivity contribution in [3.05, 3.63) is 83.9 Å². The van der Waals surface area contributed by atoms with E-state index in [9.17, 15) is 19.5 Å². The molecule has 0 saturated heterocycles. The van der Waals surface area contributed by atoms with Crippen LogP contribution in [0.5, 0.6) is 11.5 Å². The number of methoxy groups -OCH3 is 1. The van der Waals surface area contributed by atoms with Gasteiger partial charge in [-0.15, -0.1) is 0 Å². The van der Waals surface area contributed by atoms with Gasteiger partial charge < -0.3 is 35.0 Å². The standard InChI is InChI=1S/C32H38N4O6/c1-21-18-36(22(2)20-37)31(39)27-17-25(33-30(38)16-23-8-6-5-7-9-23)12-15-28(27)42-29(21)19-35(3)32(40)34-24-10-13-26(41-4)14-11-24/h5-15,17,21-22,29,37H,16,18-20H2,1-4H3,(H,33,38)(H,34,40)/t21-,22+,29-/m1/s1. The molecule has 3 aromatic carbocycles. The number of carbonyl (C=O) groups excluding carboxylic acids is 3. The third-order valence-electron chi connectivity index (χ3n) is 7.30. The summed E-state index contributed by atoms with van der Waals surface area (Å²) in [6.07, 6.45) is -0.268. The van der Waals surface area contributed by atoms with Crippen molar-refractivity contribution in [2.24, 2.45) is 5.92 Å². The van der Waals surface area contributed by atoms with E-state index in [0.29, 0.717) is 29.4 Å². The molecule has 4 amide bonds. The van der Waals surface area contributed by atoms with Crippen LogP contribution < -0.4 is 20.1 Å². The van der Waals surface area contributed by atoms with Crippen molar-refractivity contribution in [3.8, 4) is 11.5 Å². The Morgan fingerprint density at radius 1 is 1.07 bits per heavy atom. The molecule has 1 aliphatic rings. The Hall–Kier alpha value is -4.57. The minimum absolute atomic E-state index is 0.169. The largest absolute Gasteiger partial charge is 0.497 e. The molecule has 3 atom stereocenters. The minimum atomic E-state index is -0.463. The Kier molecular flexibility index (Phi) is 10.0. The van der Waals surface area contributed by atoms with Crippen molar-refractivity contribution in [3.63, 3.8) is 0 Å². The smallest absolute Gasteiger partial charge is 0.321 e. The van der Waals surface area contributed by atoms with Crippen LogP contribution >= 0.6 is 0 Å². The number of aliphatic hydroxyl groups is 1. The maximum atomic E-state index is 13.7. The molecule has 3 aromatic rings. The minimum Gasteiger partial charge on any atom is -0.497 e. The number of aliphatic hydroxyl groups excluding tert-OH is 1. The molecule has 1 heterocycles. The number of benzene rings is 3. The topological polar surface area (TPSA) is 120 Å². The fraction of sp³-hybridized carbons (Fsp3) is 0.344. The van der Waals surface area contributed by atoms with Gasteiger partial charge in [-0.1, -0.05) is 37.3 Å². The van der Waals surface area contributed by atoms with Crippen LogP contribution in [0.25, 0.3) is 0 Å². The van der Waals surface area contributed by atoms with Crippen LogP contribution in [0.15, 0.2) is 72.8 Å². The van der Waals surface area contributed by atoms with Crippen molar-refractivity contribution in [1.29, 1.82) is 0 Å². The number of urea groups is 1. The van der Waals surface area contributed by atoms with Crippen LogP contribution in [0, 0.1) is 5.92 Å². The lowest BCUT2D eigenvalue weighted by molar-refractivity contribution is -0.115. The fourth-order valence-corrected chi connectivity index (χ4v) is 4.75. The number of rotatable bonds is 9. The summed E-state index contributed by atoms with van der Waals surface area (Å²) in [6.45, 7) is 4.07. The van der Waals surface area contributed by atoms with Gasteiger partial charge in [0.15, 0.2) is 0 Å². The fourth-order valence-electron chi connectivity index (χ4n) is 4.75. The molecule has 42 heavy (non-hydrogen) atoms. The van der Waals surface area contributed by atoms with E-state index in [1.165, 1.54) is 4.90 Å². The number of anilines is 2. The summed E-state index contributed by atoms with van der Waals surface area (Å²) >= 11 is 0. The third-order valence-corrected chi connectivity index (χ3v) is 7.30. The molecular formula is C32H38N4O6. The predicted octanol–water partition coefficient (Wildman–Crippen LogP) is 4.26. The Balaban J connectivity index is 1.53. The summed E-state index contributed by atoms with van der Waals surface area (Å²) in [6, 6.07) is 20.6. The average molecular weight is 575 g/mol. The first-order chi connectivity index (χ1) is 20.2. The number of amides is 4. The molecule has 0 bridgehead atoms. The maximum Gasteiger partial charge on any atom is 0.321 e. The molecule has 4 rings (SSSR count). The van der Waals surface area contributed by atoms with Gasteiger partial charge in [-0.2, -0.15) is 0 Å². The molecule has 0 aliphatic carbocycles. The highest BCUT2D eigenvalue weighted by Crippen LogP contribution is 2.31. The number of likely N-dealkylation sites (N-methyl/N-ethyl adjacent to an activating group) is 1. The van der Waals surface area contributed by atoms with Gasteiger partial charge in [0, 0.05) is 30.9 Å². The Bertz CT molecular complexity index is 1380. The molecule has 0 saturated carbocycles. The van der Waals surface area contributed by atoms with Crippen LogP contribution in [0.4, 0.5) is 16.2 Å². The van der Waals surface area contributed by atoms with Gasteiger partial charge in [-0.3, -0.25) is 9.59 Å². The lowest BCUT2D eigenvalue weighted by Gasteiger charge is -2.38. The van der Waals surface area contributed by atoms with Gasteiger partial charge in [0.25, 0.3) is 5.91 Å². The first-order valence-electron chi connectivity index (χ1n) is 13.9. The second-order valence-corrected chi connectivity index (χ2v) is 10.6. The summed E-state index contributed by atoms with van der Waals surface area (Å²) in [5.74, 6) is 0.347. The molecule has 10 heteroatoms. The summed E-state index contributed by atoms with van der Waals surface area (Å²) in [7, 11) is 3.26. The van der Waals surface area contributed by atoms with E-state index in [0.717, 1.165) is 5.56 Å². The van der Waals surface area contributed by atoms with Crippen molar-refractivity contribution in [2.75, 3.05) is 44.5 Å². The number of fused-ring (bicyclic) bond motifs is 1. The van der Waals surface area contributed by atoms with Crippen molar-refractivity contribution in [2.45, 2.75) is 32.4 Å². The number of carbonyl (C=O) groups is 3. The molecule has 0 spiro atoms. The molecule has 3 N–H and O–H groups in total. The highest BCUT2D eigenvalue weighted by atomic mass is 16.5. The highest BCUT2D eigenvalue weighted by Gasteiger charge is 2.34. The van der Waals surface area contributed by atoms with Gasteiger partial charge in [0.2, 0.25) is 5.91 Å². The second kappa shape index (κ2) is 13.9. The first kappa shape index (κ1) is 30.4. The lowest BCUT2D eigenvalue weighted by atomic mass is 9.99. The van der Waals surface area contributed by atoms with E-state index in [1.807, 2.05) is 37.3 Å². The van der Waals surface area contributed by atoms with E-state index < -0.39 is 12.1 Å². The molecule has 222 valence electrons. The molecule has 0 aromatic heterocycles. The van der Waals surface area contributed by atoms with E-state index in [4.69, 9.17) is 9.47 Å². The summed E-state index contributed by atoms with van der Waals surface area (Å²) < 4.78 is 11.5. The highest BCUT2D eigenvalue weighted by molar-refractivity contribution is 6.00. The molecule has 10 nitrogen and oxygen atoms in total. The number of hydrogen-bond donors (Lipinski definition) is 3. The Labute approximate surface area is 246 Å². The summed E-state index contributed by atoms with van der Waals surface area (Å²) in [5, 5.41) is 15.7. The van der Waals surface area contributed by atoms with Crippen LogP contribution in [-0.2, 0) is 11.2 Å². The van der Waals surface area contributed by atoms with E-state index in [-0.39, 0.29) is 48.9 Å². The predicted molar refractivity (Wildman–Crippen MR) is 161 cm³/mol. The van der Waals surface area contributed by atoms with Gasteiger partial charge >= 0.3 is 6.03 Å². The second-order valence-electron chi connectivity index (χ2n) is 10.6. The zero-order valence-electron chi connectivity index (χ0n) is 24.4. The van der Waals surface area contributed by atoms with Crippen LogP contribution in [-0.4, -0.2) is 78.8 Å². The van der Waals surface area contributed by atoms with Crippen molar-refractivity contribution < 1.29 is 29.0 Å². The lowest BCUT2D eigenvalue weighted by Crippen LogP contribution is -2.50. The number of hydrogen-bond acceptors (Lipinski definition) is 6. The van der Waals surface area contributed by atoms with Gasteiger partial charge in [-0.05, 0) is 55.0 Å². The Morgan fingerprint density at radius 2 is 1.76 bits per heavy atom. The number of nitrogens with zero attached hydrogens (tertiary/aromatic N) is 2. The molecule has 0 radical (unpaired) electrons. The number of ether oxygens (including phenoxy) is 2. The van der Waals surface area contributed by atoms with Gasteiger partial charge in [0.05, 0.1) is 38.3 Å². The zero-order valence-corrected chi connectivity index (χ0v) is 24.4. The van der Waals surface area contributed by atoms with E-state index in [1.54, 1.807) is 68.4 Å². The maximum absolute atomic E-state index is 13.7. The summed E-state index contributed by atoms with van der Waals surface area (Å²) in [4.78, 5) is 42.5. The van der Waals surface area contributed by atoms with Crippen molar-refractivity contribution >= 4 is 29.2 Å². The quantitative estimate of drug-likeness (QED) is 0.351. The SMILES string of the molecule is COc1ccc(NC(=O)N(C)C[C@H]2Oc3ccc(NC(=O)Cc4ccccc4)cc3C(=O)N([C@@H](C)CO)C[C@H]2C)cc1. The van der Waals surface area contributed by atoms with Crippen LogP contribution in [0.1, 0.15) is 29.8 Å². The molecule has 1 aliphatic heterocycles. The molecule has 0 unspecified atom stereocenters. The molecule has 0 fully saturated rings. The van der Waals surface area contributed by atoms with Gasteiger partial charge in [0.1, 0.15) is 17.6 Å². The van der Waals surface area contributed by atoms with Crippen molar-refractivity contribution in [1.82, 2.24) is 9.80 Å². The summed E-state index contributed by atoms with van der Waals surface area (Å²) in [5.41, 5.74) is 2.24. The van der Waals surface area contributed by atoms with Gasteiger partial charge in [-0.25, -0.2) is 4.79 Å². The zero-order chi connectivity index (χ0) is 30.2. The Morgan fingerprint density at radius 3 is 2.43 bits per heavy atom. The monoisotopic (exact) mass is 574 g/mol. The van der Waals surface area contributed by atoms with Crippen LogP contribution in [0.3, 0.4) is 0 Å². The normalized spacial score (nSPS) is 17.2. The van der Waals surface area contributed by atoms with E-state index >= 15 is 0 Å². The third kappa shape index (κ3) is 7.58. The molecular weight excluding hydrogens is 536 g/mol. The first-order valence-corrected chi connectivity index (χ1v) is 13.9. The van der Waals surface area contributed by atoms with E-state index in [2.05, 4.69) is 10.6 Å². The average Bonchev–Trinajstić information content (AvgIpc) is 2.99.